The molecule has 0 saturated heterocycles. The minimum atomic E-state index is -0.477. The highest BCUT2D eigenvalue weighted by atomic mass is 35.5. The summed E-state index contributed by atoms with van der Waals surface area (Å²) in [4.78, 5) is 23.0. The van der Waals surface area contributed by atoms with Gasteiger partial charge in [0.05, 0.1) is 23.4 Å². The Bertz CT molecular complexity index is 975. The first-order valence-electron chi connectivity index (χ1n) is 8.72. The van der Waals surface area contributed by atoms with Crippen LogP contribution in [0.5, 0.6) is 0 Å². The van der Waals surface area contributed by atoms with Crippen molar-refractivity contribution in [2.75, 3.05) is 0 Å². The molecule has 1 amide bonds. The molecule has 0 fully saturated rings. The zero-order valence-electron chi connectivity index (χ0n) is 15.2. The number of nitrogens with one attached hydrogen (secondary N) is 1. The van der Waals surface area contributed by atoms with Crippen molar-refractivity contribution in [2.45, 2.75) is 25.4 Å². The van der Waals surface area contributed by atoms with Crippen LogP contribution in [0.2, 0.25) is 5.02 Å². The second kappa shape index (κ2) is 8.67. The lowest BCUT2D eigenvalue weighted by Gasteiger charge is -2.26. The largest absolute Gasteiger partial charge is 0.351 e. The zero-order chi connectivity index (χ0) is 20.1. The van der Waals surface area contributed by atoms with E-state index in [4.69, 9.17) is 11.6 Å². The van der Waals surface area contributed by atoms with Gasteiger partial charge in [0.1, 0.15) is 0 Å². The summed E-state index contributed by atoms with van der Waals surface area (Å²) < 4.78 is 1.75. The van der Waals surface area contributed by atoms with Gasteiger partial charge < -0.3 is 5.32 Å². The van der Waals surface area contributed by atoms with Crippen LogP contribution >= 0.6 is 11.6 Å². The summed E-state index contributed by atoms with van der Waals surface area (Å²) >= 11 is 6.38. The SMILES string of the molecule is C[C@H](NC(=O)Cc1cccc([N+](=O)[O-])c1)[C@@H](c1ccccc1Cl)n1cccn1. The summed E-state index contributed by atoms with van der Waals surface area (Å²) in [5, 5.41) is 18.8. The Kier molecular flexibility index (Phi) is 6.06. The first kappa shape index (κ1) is 19.6. The maximum Gasteiger partial charge on any atom is 0.269 e. The van der Waals surface area contributed by atoms with E-state index >= 15 is 0 Å². The van der Waals surface area contributed by atoms with Crippen molar-refractivity contribution in [2.24, 2.45) is 0 Å². The third-order valence-corrected chi connectivity index (χ3v) is 4.73. The van der Waals surface area contributed by atoms with Crippen LogP contribution in [-0.4, -0.2) is 26.7 Å². The molecular weight excluding hydrogens is 380 g/mol. The number of rotatable bonds is 7. The lowest BCUT2D eigenvalue weighted by molar-refractivity contribution is -0.384. The lowest BCUT2D eigenvalue weighted by atomic mass is 10.00. The number of hydrogen-bond donors (Lipinski definition) is 1. The highest BCUT2D eigenvalue weighted by Gasteiger charge is 2.25. The maximum absolute atomic E-state index is 12.6. The van der Waals surface area contributed by atoms with Gasteiger partial charge in [-0.3, -0.25) is 19.6 Å². The highest BCUT2D eigenvalue weighted by molar-refractivity contribution is 6.31. The predicted octanol–water partition coefficient (Wildman–Crippen LogP) is 3.78. The van der Waals surface area contributed by atoms with E-state index in [2.05, 4.69) is 10.4 Å². The van der Waals surface area contributed by atoms with Crippen LogP contribution in [0.15, 0.2) is 67.0 Å². The van der Waals surface area contributed by atoms with E-state index in [0.717, 1.165) is 5.56 Å². The van der Waals surface area contributed by atoms with Gasteiger partial charge in [0, 0.05) is 29.5 Å². The van der Waals surface area contributed by atoms with Crippen LogP contribution in [0.4, 0.5) is 5.69 Å². The minimum absolute atomic E-state index is 0.0381. The van der Waals surface area contributed by atoms with Crippen molar-refractivity contribution in [1.82, 2.24) is 15.1 Å². The van der Waals surface area contributed by atoms with Crippen LogP contribution in [0.25, 0.3) is 0 Å². The molecule has 144 valence electrons. The summed E-state index contributed by atoms with van der Waals surface area (Å²) in [6.45, 7) is 1.88. The van der Waals surface area contributed by atoms with Gasteiger partial charge in [-0.15, -0.1) is 0 Å². The number of nitrogens with zero attached hydrogens (tertiary/aromatic N) is 3. The van der Waals surface area contributed by atoms with Gasteiger partial charge >= 0.3 is 0 Å². The van der Waals surface area contributed by atoms with Crippen molar-refractivity contribution in [3.05, 3.63) is 93.3 Å². The summed E-state index contributed by atoms with van der Waals surface area (Å²) in [6, 6.07) is 14.7. The topological polar surface area (TPSA) is 90.1 Å². The summed E-state index contributed by atoms with van der Waals surface area (Å²) in [7, 11) is 0. The summed E-state index contributed by atoms with van der Waals surface area (Å²) in [5.74, 6) is -0.239. The molecule has 0 bridgehead atoms. The Morgan fingerprint density at radius 3 is 2.71 bits per heavy atom. The molecule has 0 aliphatic rings. The predicted molar refractivity (Wildman–Crippen MR) is 106 cm³/mol. The van der Waals surface area contributed by atoms with E-state index in [9.17, 15) is 14.9 Å². The van der Waals surface area contributed by atoms with E-state index in [-0.39, 0.29) is 30.1 Å². The van der Waals surface area contributed by atoms with Crippen molar-refractivity contribution >= 4 is 23.2 Å². The number of carbonyl (C=O) groups is 1. The Morgan fingerprint density at radius 1 is 1.25 bits per heavy atom. The fourth-order valence-corrected chi connectivity index (χ4v) is 3.40. The van der Waals surface area contributed by atoms with Crippen LogP contribution in [0, 0.1) is 10.1 Å². The fraction of sp³-hybridized carbons (Fsp3) is 0.200. The molecule has 28 heavy (non-hydrogen) atoms. The molecule has 0 saturated carbocycles. The van der Waals surface area contributed by atoms with Crippen molar-refractivity contribution in [3.8, 4) is 0 Å². The van der Waals surface area contributed by atoms with Gasteiger partial charge in [-0.1, -0.05) is 41.9 Å². The number of halogens is 1. The normalized spacial score (nSPS) is 12.9. The fourth-order valence-electron chi connectivity index (χ4n) is 3.15. The summed E-state index contributed by atoms with van der Waals surface area (Å²) in [6.07, 6.45) is 3.53. The molecule has 0 aliphatic carbocycles. The Hall–Kier alpha value is -3.19. The molecule has 1 heterocycles. The second-order valence-corrected chi connectivity index (χ2v) is 6.82. The Balaban J connectivity index is 1.78. The first-order valence-corrected chi connectivity index (χ1v) is 9.09. The molecule has 8 heteroatoms. The average molecular weight is 399 g/mol. The van der Waals surface area contributed by atoms with Gasteiger partial charge in [0.25, 0.3) is 5.69 Å². The molecule has 1 aromatic heterocycles. The van der Waals surface area contributed by atoms with Crippen molar-refractivity contribution < 1.29 is 9.72 Å². The average Bonchev–Trinajstić information content (AvgIpc) is 3.18. The molecule has 2 aromatic carbocycles. The molecule has 0 unspecified atom stereocenters. The van der Waals surface area contributed by atoms with Gasteiger partial charge in [-0.25, -0.2) is 0 Å². The molecular formula is C20H19ClN4O3. The molecule has 7 nitrogen and oxygen atoms in total. The Labute approximate surface area is 167 Å². The summed E-state index contributed by atoms with van der Waals surface area (Å²) in [5.41, 5.74) is 1.38. The van der Waals surface area contributed by atoms with Crippen molar-refractivity contribution in [1.29, 1.82) is 0 Å². The van der Waals surface area contributed by atoms with Gasteiger partial charge in [0.2, 0.25) is 5.91 Å². The molecule has 2 atom stereocenters. The zero-order valence-corrected chi connectivity index (χ0v) is 15.9. The molecule has 0 spiro atoms. The number of benzene rings is 2. The third kappa shape index (κ3) is 4.55. The van der Waals surface area contributed by atoms with Crippen molar-refractivity contribution in [3.63, 3.8) is 0 Å². The van der Waals surface area contributed by atoms with Crippen LogP contribution in [0.1, 0.15) is 24.1 Å². The lowest BCUT2D eigenvalue weighted by Crippen LogP contribution is -2.40. The number of amides is 1. The smallest absolute Gasteiger partial charge is 0.269 e. The number of hydrogen-bond acceptors (Lipinski definition) is 4. The number of nitro groups is 1. The minimum Gasteiger partial charge on any atom is -0.351 e. The number of carbonyl (C=O) groups excluding carboxylic acids is 1. The van der Waals surface area contributed by atoms with Gasteiger partial charge in [-0.05, 0) is 30.2 Å². The van der Waals surface area contributed by atoms with Gasteiger partial charge in [0.15, 0.2) is 0 Å². The molecule has 1 N–H and O–H groups in total. The number of non-ortho nitro benzene ring substituents is 1. The highest BCUT2D eigenvalue weighted by Crippen LogP contribution is 2.28. The third-order valence-electron chi connectivity index (χ3n) is 4.38. The first-order chi connectivity index (χ1) is 13.5. The Morgan fingerprint density at radius 2 is 2.04 bits per heavy atom. The van der Waals surface area contributed by atoms with Crippen LogP contribution < -0.4 is 5.32 Å². The quantitative estimate of drug-likeness (QED) is 0.484. The number of aromatic nitrogens is 2. The van der Waals surface area contributed by atoms with E-state index < -0.39 is 4.92 Å². The molecule has 3 rings (SSSR count). The van der Waals surface area contributed by atoms with E-state index in [1.54, 1.807) is 29.1 Å². The van der Waals surface area contributed by atoms with E-state index in [1.807, 2.05) is 37.4 Å². The van der Waals surface area contributed by atoms with E-state index in [1.165, 1.54) is 12.1 Å². The van der Waals surface area contributed by atoms with E-state index in [0.29, 0.717) is 10.6 Å². The molecule has 3 aromatic rings. The van der Waals surface area contributed by atoms with Gasteiger partial charge in [-0.2, -0.15) is 5.10 Å². The monoisotopic (exact) mass is 398 g/mol. The molecule has 0 radical (unpaired) electrons. The standard InChI is InChI=1S/C20H19ClN4O3/c1-14(23-19(26)13-15-6-4-7-16(12-15)25(27)28)20(24-11-5-10-22-24)17-8-2-3-9-18(17)21/h2-12,14,20H,13H2,1H3,(H,23,26)/t14-,20-/m0/s1. The maximum atomic E-state index is 12.6. The number of nitro benzene ring substituents is 1. The molecule has 0 aliphatic heterocycles. The van der Waals surface area contributed by atoms with Crippen LogP contribution in [-0.2, 0) is 11.2 Å². The second-order valence-electron chi connectivity index (χ2n) is 6.41. The van der Waals surface area contributed by atoms with Crippen LogP contribution in [0.3, 0.4) is 0 Å².